The van der Waals surface area contributed by atoms with Crippen LogP contribution in [-0.2, 0) is 10.1 Å². The highest BCUT2D eigenvalue weighted by atomic mass is 79.9. The lowest BCUT2D eigenvalue weighted by Crippen LogP contribution is -1.90. The summed E-state index contributed by atoms with van der Waals surface area (Å²) in [5.41, 5.74) is 1.30. The van der Waals surface area contributed by atoms with E-state index in [4.69, 9.17) is 4.74 Å². The third-order valence-electron chi connectivity index (χ3n) is 1.77. The molecule has 0 saturated carbocycles. The SMILES string of the molecule is C=C(OC)c1ccc(CBr)c(F)c1. The molecule has 0 heterocycles. The third kappa shape index (κ3) is 2.31. The Morgan fingerprint density at radius 1 is 1.62 bits per heavy atom. The van der Waals surface area contributed by atoms with Gasteiger partial charge in [0.15, 0.2) is 0 Å². The first-order valence-electron chi connectivity index (χ1n) is 3.76. The van der Waals surface area contributed by atoms with Gasteiger partial charge in [0.25, 0.3) is 0 Å². The summed E-state index contributed by atoms with van der Waals surface area (Å²) in [4.78, 5) is 0. The Morgan fingerprint density at radius 3 is 2.77 bits per heavy atom. The average molecular weight is 245 g/mol. The molecular formula is C10H10BrFO. The van der Waals surface area contributed by atoms with Gasteiger partial charge in [0.2, 0.25) is 0 Å². The van der Waals surface area contributed by atoms with Crippen molar-refractivity contribution in [1.29, 1.82) is 0 Å². The summed E-state index contributed by atoms with van der Waals surface area (Å²) in [6, 6.07) is 4.91. The van der Waals surface area contributed by atoms with Gasteiger partial charge >= 0.3 is 0 Å². The second-order valence-corrected chi connectivity index (χ2v) is 3.13. The lowest BCUT2D eigenvalue weighted by atomic mass is 10.1. The van der Waals surface area contributed by atoms with Crippen molar-refractivity contribution in [2.75, 3.05) is 7.11 Å². The Hall–Kier alpha value is -0.830. The molecule has 0 amide bonds. The van der Waals surface area contributed by atoms with Crippen LogP contribution in [0.2, 0.25) is 0 Å². The smallest absolute Gasteiger partial charge is 0.127 e. The number of halogens is 2. The summed E-state index contributed by atoms with van der Waals surface area (Å²) in [6.07, 6.45) is 0. The summed E-state index contributed by atoms with van der Waals surface area (Å²) in [6.45, 7) is 3.64. The molecule has 0 atom stereocenters. The Labute approximate surface area is 85.3 Å². The lowest BCUT2D eigenvalue weighted by Gasteiger charge is -2.05. The molecule has 0 aliphatic carbocycles. The molecule has 70 valence electrons. The van der Waals surface area contributed by atoms with Gasteiger partial charge in [0, 0.05) is 10.9 Å². The highest BCUT2D eigenvalue weighted by Crippen LogP contribution is 2.18. The van der Waals surface area contributed by atoms with Crippen LogP contribution in [0, 0.1) is 5.82 Å². The number of rotatable bonds is 3. The Morgan fingerprint density at radius 2 is 2.31 bits per heavy atom. The molecule has 0 aliphatic heterocycles. The van der Waals surface area contributed by atoms with Crippen LogP contribution in [0.5, 0.6) is 0 Å². The minimum atomic E-state index is -0.243. The minimum Gasteiger partial charge on any atom is -0.497 e. The fraction of sp³-hybridized carbons (Fsp3) is 0.200. The second-order valence-electron chi connectivity index (χ2n) is 2.57. The maximum atomic E-state index is 13.2. The predicted molar refractivity (Wildman–Crippen MR) is 55.1 cm³/mol. The highest BCUT2D eigenvalue weighted by molar-refractivity contribution is 9.08. The third-order valence-corrected chi connectivity index (χ3v) is 2.37. The number of methoxy groups -OCH3 is 1. The Kier molecular flexibility index (Phi) is 3.48. The van der Waals surface area contributed by atoms with E-state index in [2.05, 4.69) is 22.5 Å². The van der Waals surface area contributed by atoms with E-state index in [1.807, 2.05) is 0 Å². The number of ether oxygens (including phenoxy) is 1. The fourth-order valence-corrected chi connectivity index (χ4v) is 1.40. The molecule has 1 rings (SSSR count). The van der Waals surface area contributed by atoms with E-state index in [0.717, 1.165) is 0 Å². The fourth-order valence-electron chi connectivity index (χ4n) is 0.947. The molecule has 1 nitrogen and oxygen atoms in total. The van der Waals surface area contributed by atoms with Gasteiger partial charge in [-0.3, -0.25) is 0 Å². The molecule has 0 saturated heterocycles. The van der Waals surface area contributed by atoms with E-state index in [1.165, 1.54) is 13.2 Å². The number of benzene rings is 1. The van der Waals surface area contributed by atoms with Gasteiger partial charge in [-0.25, -0.2) is 4.39 Å². The number of hydrogen-bond donors (Lipinski definition) is 0. The van der Waals surface area contributed by atoms with Gasteiger partial charge in [-0.1, -0.05) is 34.6 Å². The molecular weight excluding hydrogens is 235 g/mol. The summed E-state index contributed by atoms with van der Waals surface area (Å²) in [5, 5.41) is 0.512. The van der Waals surface area contributed by atoms with Crippen LogP contribution in [0.3, 0.4) is 0 Å². The van der Waals surface area contributed by atoms with E-state index < -0.39 is 0 Å². The first-order valence-corrected chi connectivity index (χ1v) is 4.89. The predicted octanol–water partition coefficient (Wildman–Crippen LogP) is 3.34. The van der Waals surface area contributed by atoms with Crippen LogP contribution in [0.1, 0.15) is 11.1 Å². The van der Waals surface area contributed by atoms with Gasteiger partial charge < -0.3 is 4.74 Å². The van der Waals surface area contributed by atoms with Crippen molar-refractivity contribution < 1.29 is 9.13 Å². The standard InChI is InChI=1S/C10H10BrFO/c1-7(13-2)8-3-4-9(6-11)10(12)5-8/h3-5H,1,6H2,2H3. The average Bonchev–Trinajstić information content (AvgIpc) is 2.16. The van der Waals surface area contributed by atoms with Gasteiger partial charge in [-0.15, -0.1) is 0 Å². The normalized spacial score (nSPS) is 9.77. The van der Waals surface area contributed by atoms with Crippen molar-refractivity contribution in [1.82, 2.24) is 0 Å². The molecule has 13 heavy (non-hydrogen) atoms. The summed E-state index contributed by atoms with van der Waals surface area (Å²) in [5.74, 6) is 0.229. The van der Waals surface area contributed by atoms with Crippen LogP contribution < -0.4 is 0 Å². The monoisotopic (exact) mass is 244 g/mol. The zero-order valence-electron chi connectivity index (χ0n) is 7.31. The molecule has 0 spiro atoms. The number of hydrogen-bond acceptors (Lipinski definition) is 1. The van der Waals surface area contributed by atoms with Crippen molar-refractivity contribution >= 4 is 21.7 Å². The zero-order chi connectivity index (χ0) is 9.84. The first kappa shape index (κ1) is 10.3. The van der Waals surface area contributed by atoms with Crippen molar-refractivity contribution in [3.8, 4) is 0 Å². The van der Waals surface area contributed by atoms with E-state index >= 15 is 0 Å². The van der Waals surface area contributed by atoms with E-state index in [1.54, 1.807) is 12.1 Å². The van der Waals surface area contributed by atoms with Gasteiger partial charge in [0.05, 0.1) is 7.11 Å². The largest absolute Gasteiger partial charge is 0.497 e. The topological polar surface area (TPSA) is 9.23 Å². The zero-order valence-corrected chi connectivity index (χ0v) is 8.90. The first-order chi connectivity index (χ1) is 6.19. The highest BCUT2D eigenvalue weighted by Gasteiger charge is 2.04. The molecule has 0 bridgehead atoms. The lowest BCUT2D eigenvalue weighted by molar-refractivity contribution is 0.371. The molecule has 0 unspecified atom stereocenters. The maximum Gasteiger partial charge on any atom is 0.127 e. The van der Waals surface area contributed by atoms with Crippen LogP contribution in [0.15, 0.2) is 24.8 Å². The van der Waals surface area contributed by atoms with Crippen molar-refractivity contribution in [2.45, 2.75) is 5.33 Å². The van der Waals surface area contributed by atoms with Crippen molar-refractivity contribution in [2.24, 2.45) is 0 Å². The maximum absolute atomic E-state index is 13.2. The summed E-state index contributed by atoms with van der Waals surface area (Å²) < 4.78 is 18.1. The van der Waals surface area contributed by atoms with Crippen LogP contribution in [-0.4, -0.2) is 7.11 Å². The Bertz CT molecular complexity index is 323. The molecule has 1 aromatic rings. The van der Waals surface area contributed by atoms with Crippen molar-refractivity contribution in [3.05, 3.63) is 41.7 Å². The molecule has 3 heteroatoms. The Balaban J connectivity index is 3.02. The van der Waals surface area contributed by atoms with E-state index in [-0.39, 0.29) is 5.82 Å². The minimum absolute atomic E-state index is 0.243. The summed E-state index contributed by atoms with van der Waals surface area (Å²) >= 11 is 3.19. The molecule has 0 aliphatic rings. The van der Waals surface area contributed by atoms with Gasteiger partial charge in [-0.2, -0.15) is 0 Å². The van der Waals surface area contributed by atoms with Gasteiger partial charge in [-0.05, 0) is 11.6 Å². The quantitative estimate of drug-likeness (QED) is 0.586. The number of alkyl halides is 1. The second kappa shape index (κ2) is 4.42. The molecule has 0 fully saturated rings. The van der Waals surface area contributed by atoms with Gasteiger partial charge in [0.1, 0.15) is 11.6 Å². The van der Waals surface area contributed by atoms with Crippen LogP contribution in [0.25, 0.3) is 5.76 Å². The van der Waals surface area contributed by atoms with Crippen molar-refractivity contribution in [3.63, 3.8) is 0 Å². The molecule has 1 aromatic carbocycles. The van der Waals surface area contributed by atoms with E-state index in [0.29, 0.717) is 22.2 Å². The molecule has 0 N–H and O–H groups in total. The summed E-state index contributed by atoms with van der Waals surface area (Å²) in [7, 11) is 1.51. The van der Waals surface area contributed by atoms with Crippen LogP contribution >= 0.6 is 15.9 Å². The van der Waals surface area contributed by atoms with Crippen LogP contribution in [0.4, 0.5) is 4.39 Å². The molecule has 0 radical (unpaired) electrons. The molecule has 0 aromatic heterocycles. The van der Waals surface area contributed by atoms with E-state index in [9.17, 15) is 4.39 Å².